The Balaban J connectivity index is 1.20. The van der Waals surface area contributed by atoms with Crippen molar-refractivity contribution in [3.63, 3.8) is 0 Å². The molecule has 13 heteroatoms. The quantitative estimate of drug-likeness (QED) is 0.0455. The van der Waals surface area contributed by atoms with Gasteiger partial charge in [0.2, 0.25) is 0 Å². The molecular formula is C57H63NO12. The summed E-state index contributed by atoms with van der Waals surface area (Å²) in [5.41, 5.74) is 4.71. The van der Waals surface area contributed by atoms with Crippen LogP contribution in [0, 0.1) is 0 Å². The van der Waals surface area contributed by atoms with Gasteiger partial charge in [-0.25, -0.2) is 4.79 Å². The topological polar surface area (TPSA) is 138 Å². The lowest BCUT2D eigenvalue weighted by atomic mass is 10.1. The van der Waals surface area contributed by atoms with E-state index < -0.39 is 55.0 Å². The maximum absolute atomic E-state index is 13.4. The molecule has 1 amide bonds. The fourth-order valence-corrected chi connectivity index (χ4v) is 7.87. The third kappa shape index (κ3) is 16.1. The second-order valence-electron chi connectivity index (χ2n) is 17.4. The van der Waals surface area contributed by atoms with Gasteiger partial charge in [-0.2, -0.15) is 0 Å². The summed E-state index contributed by atoms with van der Waals surface area (Å²) >= 11 is 0. The average Bonchev–Trinajstić information content (AvgIpc) is 3.70. The molecule has 0 aromatic heterocycles. The summed E-state index contributed by atoms with van der Waals surface area (Å²) in [7, 11) is 3.09. The number of amides is 1. The largest absolute Gasteiger partial charge is 0.455 e. The van der Waals surface area contributed by atoms with Crippen molar-refractivity contribution in [3.8, 4) is 0 Å². The number of nitrogens with zero attached hydrogens (tertiary/aromatic N) is 1. The highest BCUT2D eigenvalue weighted by Crippen LogP contribution is 2.31. The van der Waals surface area contributed by atoms with Gasteiger partial charge in [0.05, 0.1) is 59.3 Å². The lowest BCUT2D eigenvalue weighted by molar-refractivity contribution is -0.219. The fourth-order valence-electron chi connectivity index (χ4n) is 7.87. The Bertz CT molecular complexity index is 2490. The number of esters is 1. The molecule has 7 rings (SSSR count). The van der Waals surface area contributed by atoms with E-state index >= 15 is 0 Å². The summed E-state index contributed by atoms with van der Waals surface area (Å²) in [5, 5.41) is 2.24. The molecule has 1 saturated heterocycles. The molecule has 1 fully saturated rings. The molecule has 7 atom stereocenters. The van der Waals surface area contributed by atoms with Crippen molar-refractivity contribution >= 4 is 28.6 Å². The summed E-state index contributed by atoms with van der Waals surface area (Å²) in [6.45, 7) is 2.49. The van der Waals surface area contributed by atoms with Crippen molar-refractivity contribution in [2.75, 3.05) is 33.9 Å². The van der Waals surface area contributed by atoms with Crippen LogP contribution in [0.5, 0.6) is 0 Å². The lowest BCUT2D eigenvalue weighted by Crippen LogP contribution is -2.48. The summed E-state index contributed by atoms with van der Waals surface area (Å²) in [6.07, 6.45) is -7.92. The normalized spacial score (nSPS) is 17.9. The standard InChI is InChI=1S/C57H63NO12/c1-41(59)28-31-52(60)69-54-51(39-62-33-42-18-8-4-9-19-42)68-56(55(54)70-57(61)58(2)3)67-40-50(65-36-44-22-12-6-13-23-44)53(66-37-45-24-14-7-15-25-45)49(64-35-43-20-10-5-11-21-43)38-63-34-46-29-30-47-26-16-17-27-48(47)32-46/h4-27,29-30,32,49-51,53-56H,28,31,33-40H2,1-3H3/t49?,50?,51-,53?,54?,55?,56-/m1/s1. The number of Topliss-reactive ketones (excluding diaryl/α,β-unsaturated/α-hetero) is 1. The van der Waals surface area contributed by atoms with Crippen LogP contribution >= 0.6 is 0 Å². The zero-order valence-electron chi connectivity index (χ0n) is 40.0. The molecule has 0 N–H and O–H groups in total. The Morgan fingerprint density at radius 1 is 0.529 bits per heavy atom. The highest BCUT2D eigenvalue weighted by Gasteiger charge is 2.51. The number of benzene rings is 6. The van der Waals surface area contributed by atoms with E-state index in [2.05, 4.69) is 30.3 Å². The van der Waals surface area contributed by atoms with E-state index in [0.29, 0.717) is 6.61 Å². The first-order valence-corrected chi connectivity index (χ1v) is 23.7. The number of carbonyl (C=O) groups is 3. The zero-order chi connectivity index (χ0) is 48.9. The van der Waals surface area contributed by atoms with E-state index in [0.717, 1.165) is 38.6 Å². The number of fused-ring (bicyclic) bond motifs is 1. The maximum atomic E-state index is 13.4. The second-order valence-corrected chi connectivity index (χ2v) is 17.4. The lowest BCUT2D eigenvalue weighted by Gasteiger charge is -2.34. The molecule has 0 radical (unpaired) electrons. The van der Waals surface area contributed by atoms with Crippen LogP contribution in [0.2, 0.25) is 0 Å². The van der Waals surface area contributed by atoms with Gasteiger partial charge in [0.15, 0.2) is 18.5 Å². The van der Waals surface area contributed by atoms with Gasteiger partial charge < -0.3 is 52.3 Å². The summed E-state index contributed by atoms with van der Waals surface area (Å²) in [4.78, 5) is 39.8. The number of ether oxygens (including phenoxy) is 9. The summed E-state index contributed by atoms with van der Waals surface area (Å²) in [5.74, 6) is -0.834. The number of hydrogen-bond donors (Lipinski definition) is 0. The van der Waals surface area contributed by atoms with Crippen LogP contribution in [0.3, 0.4) is 0 Å². The minimum atomic E-state index is -1.27. The molecule has 0 spiro atoms. The van der Waals surface area contributed by atoms with E-state index in [1.165, 1.54) is 11.8 Å². The molecule has 70 heavy (non-hydrogen) atoms. The SMILES string of the molecule is CC(=O)CCC(=O)OC1C(OC(=O)N(C)C)[C@H](OCC(OCc2ccccc2)C(OCc2ccccc2)C(COCc2ccc3ccccc3c2)OCc2ccccc2)O[C@@H]1COCc1ccccc1. The van der Waals surface area contributed by atoms with Crippen molar-refractivity contribution in [3.05, 3.63) is 192 Å². The Kier molecular flexibility index (Phi) is 20.0. The van der Waals surface area contributed by atoms with E-state index in [1.807, 2.05) is 133 Å². The molecule has 13 nitrogen and oxygen atoms in total. The number of rotatable bonds is 27. The van der Waals surface area contributed by atoms with Crippen LogP contribution in [0.15, 0.2) is 164 Å². The second kappa shape index (κ2) is 27.2. The first-order valence-electron chi connectivity index (χ1n) is 23.7. The van der Waals surface area contributed by atoms with Crippen LogP contribution in [-0.4, -0.2) is 99.6 Å². The van der Waals surface area contributed by atoms with Gasteiger partial charge in [-0.05, 0) is 51.6 Å². The Hall–Kier alpha value is -6.29. The predicted molar refractivity (Wildman–Crippen MR) is 263 cm³/mol. The van der Waals surface area contributed by atoms with E-state index in [-0.39, 0.29) is 64.9 Å². The number of hydrogen-bond acceptors (Lipinski definition) is 12. The summed E-state index contributed by atoms with van der Waals surface area (Å²) in [6, 6.07) is 53.5. The van der Waals surface area contributed by atoms with Crippen LogP contribution < -0.4 is 0 Å². The van der Waals surface area contributed by atoms with Crippen LogP contribution in [-0.2, 0) is 85.3 Å². The van der Waals surface area contributed by atoms with Crippen LogP contribution in [0.4, 0.5) is 4.79 Å². The number of carbonyl (C=O) groups excluding carboxylic acids is 3. The Morgan fingerprint density at radius 3 is 1.61 bits per heavy atom. The van der Waals surface area contributed by atoms with Gasteiger partial charge in [0, 0.05) is 20.5 Å². The molecule has 1 aliphatic rings. The monoisotopic (exact) mass is 953 g/mol. The van der Waals surface area contributed by atoms with E-state index in [9.17, 15) is 14.4 Å². The third-order valence-electron chi connectivity index (χ3n) is 11.6. The van der Waals surface area contributed by atoms with E-state index in [1.54, 1.807) is 14.1 Å². The minimum absolute atomic E-state index is 0.0199. The zero-order valence-corrected chi connectivity index (χ0v) is 40.0. The first-order chi connectivity index (χ1) is 34.2. The smallest absolute Gasteiger partial charge is 0.409 e. The van der Waals surface area contributed by atoms with Crippen molar-refractivity contribution in [2.24, 2.45) is 0 Å². The average molecular weight is 954 g/mol. The molecule has 0 aliphatic carbocycles. The van der Waals surface area contributed by atoms with Crippen molar-refractivity contribution < 1.29 is 57.0 Å². The van der Waals surface area contributed by atoms with E-state index in [4.69, 9.17) is 42.6 Å². The Labute approximate surface area is 410 Å². The maximum Gasteiger partial charge on any atom is 0.409 e. The summed E-state index contributed by atoms with van der Waals surface area (Å²) < 4.78 is 58.4. The van der Waals surface area contributed by atoms with Gasteiger partial charge in [-0.1, -0.05) is 158 Å². The molecule has 6 aromatic rings. The van der Waals surface area contributed by atoms with Crippen LogP contribution in [0.25, 0.3) is 10.8 Å². The highest BCUT2D eigenvalue weighted by molar-refractivity contribution is 5.83. The fraction of sp³-hybridized carbons (Fsp3) is 0.351. The van der Waals surface area contributed by atoms with Crippen molar-refractivity contribution in [1.82, 2.24) is 4.90 Å². The van der Waals surface area contributed by atoms with Crippen LogP contribution in [0.1, 0.15) is 47.6 Å². The Morgan fingerprint density at radius 2 is 1.04 bits per heavy atom. The van der Waals surface area contributed by atoms with Crippen molar-refractivity contribution in [1.29, 1.82) is 0 Å². The molecule has 0 saturated carbocycles. The van der Waals surface area contributed by atoms with Gasteiger partial charge in [-0.3, -0.25) is 4.79 Å². The van der Waals surface area contributed by atoms with Gasteiger partial charge in [0.25, 0.3) is 0 Å². The molecule has 0 bridgehead atoms. The highest BCUT2D eigenvalue weighted by atomic mass is 16.7. The molecule has 1 aliphatic heterocycles. The van der Waals surface area contributed by atoms with Gasteiger partial charge >= 0.3 is 12.1 Å². The number of ketones is 1. The molecule has 368 valence electrons. The first kappa shape index (κ1) is 51.6. The molecule has 1 heterocycles. The van der Waals surface area contributed by atoms with Crippen molar-refractivity contribution in [2.45, 2.75) is 95.7 Å². The predicted octanol–water partition coefficient (Wildman–Crippen LogP) is 9.42. The molecular weight excluding hydrogens is 891 g/mol. The third-order valence-corrected chi connectivity index (χ3v) is 11.6. The van der Waals surface area contributed by atoms with Gasteiger partial charge in [0.1, 0.15) is 30.2 Å². The van der Waals surface area contributed by atoms with Gasteiger partial charge in [-0.15, -0.1) is 0 Å². The minimum Gasteiger partial charge on any atom is -0.455 e. The molecule has 5 unspecified atom stereocenters. The molecule has 6 aromatic carbocycles.